The molecule has 0 atom stereocenters. The van der Waals surface area contributed by atoms with Crippen molar-refractivity contribution < 1.29 is 9.53 Å². The van der Waals surface area contributed by atoms with E-state index in [1.807, 2.05) is 6.07 Å². The molecule has 1 N–H and O–H groups in total. The molecule has 4 heteroatoms. The van der Waals surface area contributed by atoms with Gasteiger partial charge in [0.2, 0.25) is 0 Å². The molecular weight excluding hydrogens is 156 g/mol. The monoisotopic (exact) mass is 170 g/mol. The summed E-state index contributed by atoms with van der Waals surface area (Å²) in [6, 6.07) is 1.94. The van der Waals surface area contributed by atoms with Gasteiger partial charge in [-0.2, -0.15) is 5.26 Å². The van der Waals surface area contributed by atoms with Crippen LogP contribution >= 0.6 is 0 Å². The van der Waals surface area contributed by atoms with Crippen LogP contribution in [0.25, 0.3) is 0 Å². The minimum atomic E-state index is -0.810. The van der Waals surface area contributed by atoms with Gasteiger partial charge < -0.3 is 10.1 Å². The van der Waals surface area contributed by atoms with E-state index in [2.05, 4.69) is 5.32 Å². The molecule has 0 rings (SSSR count). The zero-order valence-corrected chi connectivity index (χ0v) is 7.68. The lowest BCUT2D eigenvalue weighted by molar-refractivity contribution is -0.139. The topological polar surface area (TPSA) is 62.1 Å². The van der Waals surface area contributed by atoms with Crippen LogP contribution in [0.2, 0.25) is 0 Å². The van der Waals surface area contributed by atoms with Gasteiger partial charge in [-0.3, -0.25) is 4.79 Å². The summed E-state index contributed by atoms with van der Waals surface area (Å²) in [6.45, 7) is 3.73. The lowest BCUT2D eigenvalue weighted by Crippen LogP contribution is -2.43. The number of amides is 1. The average molecular weight is 170 g/mol. The lowest BCUT2D eigenvalue weighted by atomic mass is 10.1. The number of nitrogens with one attached hydrogen (secondary N) is 1. The molecule has 68 valence electrons. The van der Waals surface area contributed by atoms with E-state index in [4.69, 9.17) is 10.00 Å². The third-order valence-corrected chi connectivity index (χ3v) is 1.58. The fourth-order valence-electron chi connectivity index (χ4n) is 0.537. The van der Waals surface area contributed by atoms with Crippen molar-refractivity contribution in [1.29, 1.82) is 5.26 Å². The number of nitriles is 1. The molecule has 0 bridgehead atoms. The first-order valence-electron chi connectivity index (χ1n) is 3.75. The Labute approximate surface area is 72.5 Å². The van der Waals surface area contributed by atoms with Crippen molar-refractivity contribution in [1.82, 2.24) is 5.32 Å². The van der Waals surface area contributed by atoms with Gasteiger partial charge in [0.05, 0.1) is 12.5 Å². The van der Waals surface area contributed by atoms with E-state index < -0.39 is 5.60 Å². The summed E-state index contributed by atoms with van der Waals surface area (Å²) in [5, 5.41) is 10.8. The fraction of sp³-hybridized carbons (Fsp3) is 0.750. The number of methoxy groups -OCH3 is 1. The maximum Gasteiger partial charge on any atom is 0.251 e. The normalized spacial score (nSPS) is 10.5. The Morgan fingerprint density at radius 3 is 2.67 bits per heavy atom. The van der Waals surface area contributed by atoms with Gasteiger partial charge in [0.25, 0.3) is 5.91 Å². The largest absolute Gasteiger partial charge is 0.369 e. The number of ether oxygens (including phenoxy) is 1. The molecule has 0 aliphatic heterocycles. The van der Waals surface area contributed by atoms with Gasteiger partial charge in [-0.15, -0.1) is 0 Å². The van der Waals surface area contributed by atoms with E-state index in [0.29, 0.717) is 13.0 Å². The summed E-state index contributed by atoms with van der Waals surface area (Å²) < 4.78 is 4.94. The van der Waals surface area contributed by atoms with Crippen LogP contribution in [0, 0.1) is 11.3 Å². The maximum atomic E-state index is 11.2. The molecule has 0 aromatic heterocycles. The van der Waals surface area contributed by atoms with Crippen LogP contribution in [-0.4, -0.2) is 25.2 Å². The van der Waals surface area contributed by atoms with Gasteiger partial charge in [0.15, 0.2) is 0 Å². The van der Waals surface area contributed by atoms with Gasteiger partial charge >= 0.3 is 0 Å². The van der Waals surface area contributed by atoms with Crippen molar-refractivity contribution in [2.75, 3.05) is 13.7 Å². The van der Waals surface area contributed by atoms with Gasteiger partial charge in [0, 0.05) is 13.7 Å². The Balaban J connectivity index is 3.81. The molecule has 0 spiro atoms. The second-order valence-electron chi connectivity index (χ2n) is 2.88. The van der Waals surface area contributed by atoms with Crippen molar-refractivity contribution >= 4 is 5.91 Å². The van der Waals surface area contributed by atoms with Crippen LogP contribution in [0.3, 0.4) is 0 Å². The first-order valence-corrected chi connectivity index (χ1v) is 3.75. The minimum Gasteiger partial charge on any atom is -0.369 e. The Hall–Kier alpha value is -1.08. The summed E-state index contributed by atoms with van der Waals surface area (Å²) in [7, 11) is 1.48. The van der Waals surface area contributed by atoms with Crippen LogP contribution in [0.5, 0.6) is 0 Å². The molecule has 12 heavy (non-hydrogen) atoms. The molecule has 1 amide bonds. The van der Waals surface area contributed by atoms with Crippen LogP contribution in [-0.2, 0) is 9.53 Å². The molecule has 0 fully saturated rings. The van der Waals surface area contributed by atoms with E-state index >= 15 is 0 Å². The summed E-state index contributed by atoms with van der Waals surface area (Å²) in [5.41, 5.74) is -0.810. The van der Waals surface area contributed by atoms with Gasteiger partial charge in [-0.05, 0) is 13.8 Å². The Morgan fingerprint density at radius 2 is 2.25 bits per heavy atom. The quantitative estimate of drug-likeness (QED) is 0.623. The van der Waals surface area contributed by atoms with Gasteiger partial charge in [-0.25, -0.2) is 0 Å². The van der Waals surface area contributed by atoms with Crippen LogP contribution in [0.15, 0.2) is 0 Å². The van der Waals surface area contributed by atoms with Gasteiger partial charge in [0.1, 0.15) is 5.60 Å². The van der Waals surface area contributed by atoms with Crippen LogP contribution in [0.4, 0.5) is 0 Å². The van der Waals surface area contributed by atoms with E-state index in [-0.39, 0.29) is 5.91 Å². The predicted octanol–water partition coefficient (Wildman–Crippen LogP) is 0.441. The lowest BCUT2D eigenvalue weighted by Gasteiger charge is -2.21. The number of carbonyl (C=O) groups is 1. The average Bonchev–Trinajstić information content (AvgIpc) is 2.05. The highest BCUT2D eigenvalue weighted by Gasteiger charge is 2.25. The Morgan fingerprint density at radius 1 is 1.67 bits per heavy atom. The number of nitrogens with zero attached hydrogens (tertiary/aromatic N) is 1. The third kappa shape index (κ3) is 3.35. The minimum absolute atomic E-state index is 0.194. The number of rotatable bonds is 4. The molecule has 0 aliphatic carbocycles. The summed E-state index contributed by atoms with van der Waals surface area (Å²) in [5.74, 6) is -0.194. The molecule has 0 aromatic carbocycles. The summed E-state index contributed by atoms with van der Waals surface area (Å²) >= 11 is 0. The summed E-state index contributed by atoms with van der Waals surface area (Å²) in [4.78, 5) is 11.2. The molecule has 4 nitrogen and oxygen atoms in total. The molecule has 0 aromatic rings. The number of hydrogen-bond acceptors (Lipinski definition) is 3. The highest BCUT2D eigenvalue weighted by molar-refractivity contribution is 5.84. The zero-order chi connectivity index (χ0) is 9.61. The molecule has 0 radical (unpaired) electrons. The Bertz CT molecular complexity index is 194. The van der Waals surface area contributed by atoms with Crippen molar-refractivity contribution in [3.63, 3.8) is 0 Å². The van der Waals surface area contributed by atoms with Crippen LogP contribution in [0.1, 0.15) is 20.3 Å². The van der Waals surface area contributed by atoms with E-state index in [0.717, 1.165) is 0 Å². The van der Waals surface area contributed by atoms with Crippen molar-refractivity contribution in [3.05, 3.63) is 0 Å². The highest BCUT2D eigenvalue weighted by Crippen LogP contribution is 2.06. The van der Waals surface area contributed by atoms with Crippen LogP contribution < -0.4 is 5.32 Å². The molecule has 0 saturated heterocycles. The molecule has 0 heterocycles. The predicted molar refractivity (Wildman–Crippen MR) is 44.3 cm³/mol. The first kappa shape index (κ1) is 10.9. The van der Waals surface area contributed by atoms with Gasteiger partial charge in [-0.1, -0.05) is 0 Å². The van der Waals surface area contributed by atoms with E-state index in [1.165, 1.54) is 7.11 Å². The second kappa shape index (κ2) is 4.73. The van der Waals surface area contributed by atoms with Crippen molar-refractivity contribution in [3.8, 4) is 6.07 Å². The van der Waals surface area contributed by atoms with Crippen molar-refractivity contribution in [2.45, 2.75) is 25.9 Å². The smallest absolute Gasteiger partial charge is 0.251 e. The maximum absolute atomic E-state index is 11.2. The van der Waals surface area contributed by atoms with Crippen molar-refractivity contribution in [2.24, 2.45) is 0 Å². The number of hydrogen-bond donors (Lipinski definition) is 1. The first-order chi connectivity index (χ1) is 5.54. The highest BCUT2D eigenvalue weighted by atomic mass is 16.5. The Kier molecular flexibility index (Phi) is 4.30. The number of carbonyl (C=O) groups excluding carboxylic acids is 1. The summed E-state index contributed by atoms with van der Waals surface area (Å²) in [6.07, 6.45) is 0.325. The van der Waals surface area contributed by atoms with E-state index in [1.54, 1.807) is 13.8 Å². The molecule has 0 aliphatic rings. The second-order valence-corrected chi connectivity index (χ2v) is 2.88. The third-order valence-electron chi connectivity index (χ3n) is 1.58. The van der Waals surface area contributed by atoms with E-state index in [9.17, 15) is 4.79 Å². The molecular formula is C8H14N2O2. The fourth-order valence-corrected chi connectivity index (χ4v) is 0.537. The SMILES string of the molecule is COC(C)(C)C(=O)NCCC#N. The standard InChI is InChI=1S/C8H14N2O2/c1-8(2,12-3)7(11)10-6-4-5-9/h4,6H2,1-3H3,(H,10,11). The molecule has 0 unspecified atom stereocenters. The molecule has 0 saturated carbocycles. The zero-order valence-electron chi connectivity index (χ0n) is 7.68.